The van der Waals surface area contributed by atoms with Gasteiger partial charge in [0.25, 0.3) is 0 Å². The summed E-state index contributed by atoms with van der Waals surface area (Å²) in [6.07, 6.45) is 1.50. The smallest absolute Gasteiger partial charge is 0.222 e. The molecule has 1 aromatic rings. The standard InChI is InChI=1S/C11H16N2O3/c1-8(2)16-11-4-3-10(13(15)6-11)5-9(12)7-14/h3-4,6,8,12,14H,5,7H2,1-2H3. The number of hydrogen-bond donors (Lipinski definition) is 2. The van der Waals surface area contributed by atoms with Gasteiger partial charge in [-0.2, -0.15) is 4.73 Å². The molecule has 0 saturated heterocycles. The number of nitrogens with one attached hydrogen (secondary N) is 1. The van der Waals surface area contributed by atoms with Crippen molar-refractivity contribution in [1.82, 2.24) is 0 Å². The highest BCUT2D eigenvalue weighted by Crippen LogP contribution is 2.10. The first kappa shape index (κ1) is 12.4. The monoisotopic (exact) mass is 224 g/mol. The van der Waals surface area contributed by atoms with Crippen molar-refractivity contribution in [2.24, 2.45) is 0 Å². The molecule has 0 aliphatic rings. The third kappa shape index (κ3) is 3.51. The minimum Gasteiger partial charge on any atom is -0.618 e. The molecule has 0 aliphatic heterocycles. The summed E-state index contributed by atoms with van der Waals surface area (Å²) >= 11 is 0. The molecule has 0 spiro atoms. The zero-order valence-corrected chi connectivity index (χ0v) is 9.43. The Morgan fingerprint density at radius 1 is 1.56 bits per heavy atom. The first-order chi connectivity index (χ1) is 7.52. The van der Waals surface area contributed by atoms with Crippen LogP contribution in [0.3, 0.4) is 0 Å². The van der Waals surface area contributed by atoms with E-state index in [1.807, 2.05) is 13.8 Å². The Bertz CT molecular complexity index is 377. The predicted molar refractivity (Wildman–Crippen MR) is 59.7 cm³/mol. The Morgan fingerprint density at radius 2 is 2.25 bits per heavy atom. The van der Waals surface area contributed by atoms with Crippen molar-refractivity contribution in [1.29, 1.82) is 5.41 Å². The van der Waals surface area contributed by atoms with Crippen LogP contribution in [0.15, 0.2) is 18.3 Å². The molecule has 2 N–H and O–H groups in total. The van der Waals surface area contributed by atoms with Crippen LogP contribution in [0.4, 0.5) is 0 Å². The summed E-state index contributed by atoms with van der Waals surface area (Å²) in [5.74, 6) is 0.504. The summed E-state index contributed by atoms with van der Waals surface area (Å²) in [5, 5.41) is 27.5. The lowest BCUT2D eigenvalue weighted by atomic mass is 10.2. The van der Waals surface area contributed by atoms with Gasteiger partial charge >= 0.3 is 0 Å². The van der Waals surface area contributed by atoms with Gasteiger partial charge in [0, 0.05) is 11.8 Å². The molecular formula is C11H16N2O3. The van der Waals surface area contributed by atoms with Crippen LogP contribution in [0, 0.1) is 10.6 Å². The van der Waals surface area contributed by atoms with Crippen molar-refractivity contribution >= 4 is 5.71 Å². The zero-order chi connectivity index (χ0) is 12.1. The van der Waals surface area contributed by atoms with Crippen LogP contribution in [0.1, 0.15) is 19.5 Å². The fourth-order valence-electron chi connectivity index (χ4n) is 1.25. The van der Waals surface area contributed by atoms with E-state index >= 15 is 0 Å². The van der Waals surface area contributed by atoms with Crippen LogP contribution in [0.25, 0.3) is 0 Å². The number of pyridine rings is 1. The minimum absolute atomic E-state index is 0.0154. The second-order valence-corrected chi connectivity index (χ2v) is 3.79. The zero-order valence-electron chi connectivity index (χ0n) is 9.43. The van der Waals surface area contributed by atoms with Crippen molar-refractivity contribution < 1.29 is 14.6 Å². The largest absolute Gasteiger partial charge is 0.618 e. The summed E-state index contributed by atoms with van der Waals surface area (Å²) in [6.45, 7) is 3.43. The lowest BCUT2D eigenvalue weighted by molar-refractivity contribution is -0.613. The average molecular weight is 224 g/mol. The van der Waals surface area contributed by atoms with Crippen LogP contribution in [0.2, 0.25) is 0 Å². The summed E-state index contributed by atoms with van der Waals surface area (Å²) in [6, 6.07) is 3.29. The second-order valence-electron chi connectivity index (χ2n) is 3.79. The normalized spacial score (nSPS) is 10.5. The Balaban J connectivity index is 2.79. The van der Waals surface area contributed by atoms with Gasteiger partial charge in [0.15, 0.2) is 11.4 Å². The Hall–Kier alpha value is -1.62. The lowest BCUT2D eigenvalue weighted by Gasteiger charge is -2.10. The van der Waals surface area contributed by atoms with E-state index in [0.29, 0.717) is 16.2 Å². The van der Waals surface area contributed by atoms with Gasteiger partial charge in [-0.3, -0.25) is 0 Å². The predicted octanol–water partition coefficient (Wildman–Crippen LogP) is 0.662. The van der Waals surface area contributed by atoms with Crippen LogP contribution < -0.4 is 9.47 Å². The molecule has 1 aromatic heterocycles. The van der Waals surface area contributed by atoms with Crippen LogP contribution in [0.5, 0.6) is 5.75 Å². The van der Waals surface area contributed by atoms with Crippen LogP contribution in [-0.2, 0) is 6.42 Å². The molecule has 0 unspecified atom stereocenters. The number of aromatic nitrogens is 1. The second kappa shape index (κ2) is 5.46. The number of rotatable bonds is 5. The summed E-state index contributed by atoms with van der Waals surface area (Å²) < 4.78 is 6.03. The summed E-state index contributed by atoms with van der Waals surface area (Å²) in [7, 11) is 0. The SMILES string of the molecule is CC(C)Oc1ccc(CC(=N)CO)[n+]([O-])c1. The van der Waals surface area contributed by atoms with E-state index in [4.69, 9.17) is 15.3 Å². The molecule has 0 saturated carbocycles. The third-order valence-corrected chi connectivity index (χ3v) is 1.92. The van der Waals surface area contributed by atoms with Gasteiger partial charge < -0.3 is 20.5 Å². The Labute approximate surface area is 94.4 Å². The van der Waals surface area contributed by atoms with Gasteiger partial charge in [-0.25, -0.2) is 0 Å². The van der Waals surface area contributed by atoms with Gasteiger partial charge in [-0.1, -0.05) is 0 Å². The van der Waals surface area contributed by atoms with Crippen molar-refractivity contribution in [3.8, 4) is 5.75 Å². The van der Waals surface area contributed by atoms with E-state index in [2.05, 4.69) is 0 Å². The van der Waals surface area contributed by atoms with Gasteiger partial charge in [0.05, 0.1) is 19.1 Å². The molecular weight excluding hydrogens is 208 g/mol. The van der Waals surface area contributed by atoms with Crippen LogP contribution in [-0.4, -0.2) is 23.5 Å². The maximum Gasteiger partial charge on any atom is 0.222 e. The van der Waals surface area contributed by atoms with Crippen molar-refractivity contribution in [2.75, 3.05) is 6.61 Å². The molecule has 5 heteroatoms. The molecule has 0 aliphatic carbocycles. The number of hydrogen-bond acceptors (Lipinski definition) is 4. The maximum absolute atomic E-state index is 11.5. The molecule has 0 atom stereocenters. The third-order valence-electron chi connectivity index (χ3n) is 1.92. The van der Waals surface area contributed by atoms with E-state index in [-0.39, 0.29) is 24.8 Å². The van der Waals surface area contributed by atoms with Gasteiger partial charge in [0.1, 0.15) is 0 Å². The summed E-state index contributed by atoms with van der Waals surface area (Å²) in [5.41, 5.74) is 0.539. The number of ether oxygens (including phenoxy) is 1. The van der Waals surface area contributed by atoms with E-state index in [1.54, 1.807) is 12.1 Å². The van der Waals surface area contributed by atoms with Gasteiger partial charge in [-0.05, 0) is 19.9 Å². The lowest BCUT2D eigenvalue weighted by Crippen LogP contribution is -2.33. The van der Waals surface area contributed by atoms with E-state index in [1.165, 1.54) is 6.20 Å². The van der Waals surface area contributed by atoms with Crippen molar-refractivity contribution in [2.45, 2.75) is 26.4 Å². The molecule has 0 amide bonds. The molecule has 5 nitrogen and oxygen atoms in total. The number of aliphatic hydroxyl groups is 1. The Kier molecular flexibility index (Phi) is 4.25. The molecule has 1 heterocycles. The van der Waals surface area contributed by atoms with Gasteiger partial charge in [-0.15, -0.1) is 0 Å². The van der Waals surface area contributed by atoms with E-state index < -0.39 is 0 Å². The molecule has 0 fully saturated rings. The fraction of sp³-hybridized carbons (Fsp3) is 0.455. The van der Waals surface area contributed by atoms with E-state index in [9.17, 15) is 5.21 Å². The molecule has 1 rings (SSSR count). The topological polar surface area (TPSA) is 80.2 Å². The highest BCUT2D eigenvalue weighted by molar-refractivity contribution is 5.83. The highest BCUT2D eigenvalue weighted by Gasteiger charge is 2.10. The first-order valence-electron chi connectivity index (χ1n) is 5.09. The minimum atomic E-state index is -0.329. The first-order valence-corrected chi connectivity index (χ1v) is 5.09. The van der Waals surface area contributed by atoms with E-state index in [0.717, 1.165) is 0 Å². The molecule has 16 heavy (non-hydrogen) atoms. The number of nitrogens with zero attached hydrogens (tertiary/aromatic N) is 1. The maximum atomic E-state index is 11.5. The molecule has 0 aromatic carbocycles. The average Bonchev–Trinajstić information content (AvgIpc) is 2.21. The Morgan fingerprint density at radius 3 is 2.75 bits per heavy atom. The quantitative estimate of drug-likeness (QED) is 0.438. The highest BCUT2D eigenvalue weighted by atomic mass is 16.5. The molecule has 0 bridgehead atoms. The molecule has 88 valence electrons. The van der Waals surface area contributed by atoms with Gasteiger partial charge in [0.2, 0.25) is 6.20 Å². The number of aliphatic hydroxyl groups excluding tert-OH is 1. The summed E-state index contributed by atoms with van der Waals surface area (Å²) in [4.78, 5) is 0. The van der Waals surface area contributed by atoms with Crippen molar-refractivity contribution in [3.05, 3.63) is 29.2 Å². The molecule has 0 radical (unpaired) electrons. The van der Waals surface area contributed by atoms with Crippen molar-refractivity contribution in [3.63, 3.8) is 0 Å². The fourth-order valence-corrected chi connectivity index (χ4v) is 1.25. The van der Waals surface area contributed by atoms with Crippen LogP contribution >= 0.6 is 0 Å².